The lowest BCUT2D eigenvalue weighted by molar-refractivity contribution is 0.0817. The van der Waals surface area contributed by atoms with Gasteiger partial charge in [0.25, 0.3) is 0 Å². The van der Waals surface area contributed by atoms with Crippen LogP contribution in [0.3, 0.4) is 0 Å². The summed E-state index contributed by atoms with van der Waals surface area (Å²) in [6, 6.07) is 9.96. The van der Waals surface area contributed by atoms with Gasteiger partial charge in [-0.1, -0.05) is 6.07 Å². The van der Waals surface area contributed by atoms with Gasteiger partial charge in [0, 0.05) is 11.8 Å². The molecule has 0 spiro atoms. The first-order chi connectivity index (χ1) is 11.1. The van der Waals surface area contributed by atoms with E-state index in [1.807, 2.05) is 32.9 Å². The molecule has 2 aromatic carbocycles. The normalized spacial score (nSPS) is 12.7. The van der Waals surface area contributed by atoms with Gasteiger partial charge in [0.2, 0.25) is 5.78 Å². The molecule has 0 aliphatic heterocycles. The lowest BCUT2D eigenvalue weighted by Crippen LogP contribution is -2.24. The van der Waals surface area contributed by atoms with Crippen molar-refractivity contribution < 1.29 is 17.9 Å². The van der Waals surface area contributed by atoms with E-state index in [1.165, 1.54) is 12.1 Å². The minimum Gasteiger partial charge on any atom is -0.483 e. The quantitative estimate of drug-likeness (QED) is 0.775. The molecule has 24 heavy (non-hydrogen) atoms. The third-order valence-corrected chi connectivity index (χ3v) is 5.17. The second kappa shape index (κ2) is 6.77. The fourth-order valence-corrected chi connectivity index (χ4v) is 3.10. The number of aryl methyl sites for hydroxylation is 3. The van der Waals surface area contributed by atoms with Crippen molar-refractivity contribution in [3.05, 3.63) is 58.7 Å². The van der Waals surface area contributed by atoms with Gasteiger partial charge in [-0.15, -0.1) is 0 Å². The van der Waals surface area contributed by atoms with Crippen LogP contribution in [0.15, 0.2) is 41.3 Å². The highest BCUT2D eigenvalue weighted by atomic mass is 32.2. The molecule has 4 nitrogen and oxygen atoms in total. The van der Waals surface area contributed by atoms with Crippen molar-refractivity contribution in [1.29, 1.82) is 0 Å². The Morgan fingerprint density at radius 2 is 1.50 bits per heavy atom. The van der Waals surface area contributed by atoms with Crippen LogP contribution < -0.4 is 4.74 Å². The minimum absolute atomic E-state index is 0.0946. The molecule has 2 aromatic rings. The van der Waals surface area contributed by atoms with Crippen molar-refractivity contribution in [2.75, 3.05) is 6.26 Å². The Morgan fingerprint density at radius 3 is 2.04 bits per heavy atom. The third-order valence-electron chi connectivity index (χ3n) is 4.04. The number of ketones is 1. The number of ether oxygens (including phenoxy) is 1. The standard InChI is InChI=1S/C19H22O4S/c1-12-10-14(3)18(11-13(12)2)19(20)15(4)23-16-6-8-17(9-7-16)24(5,21)22/h6-11,15H,1-5H3. The Labute approximate surface area is 143 Å². The summed E-state index contributed by atoms with van der Waals surface area (Å²) in [5, 5.41) is 0. The highest BCUT2D eigenvalue weighted by molar-refractivity contribution is 7.90. The number of Topliss-reactive ketones (excluding diaryl/α,β-unsaturated/α-hetero) is 1. The van der Waals surface area contributed by atoms with Crippen LogP contribution in [0.2, 0.25) is 0 Å². The van der Waals surface area contributed by atoms with E-state index in [2.05, 4.69) is 0 Å². The van der Waals surface area contributed by atoms with E-state index < -0.39 is 15.9 Å². The van der Waals surface area contributed by atoms with E-state index in [0.717, 1.165) is 22.9 Å². The molecular formula is C19H22O4S. The van der Waals surface area contributed by atoms with Gasteiger partial charge in [0.1, 0.15) is 5.75 Å². The van der Waals surface area contributed by atoms with Crippen molar-refractivity contribution in [2.45, 2.75) is 38.7 Å². The third kappa shape index (κ3) is 4.03. The van der Waals surface area contributed by atoms with Crippen LogP contribution >= 0.6 is 0 Å². The molecule has 0 fully saturated rings. The van der Waals surface area contributed by atoms with Crippen LogP contribution in [-0.2, 0) is 9.84 Å². The Bertz CT molecular complexity index is 865. The molecule has 0 N–H and O–H groups in total. The summed E-state index contributed by atoms with van der Waals surface area (Å²) < 4.78 is 28.6. The van der Waals surface area contributed by atoms with Gasteiger partial charge in [-0.2, -0.15) is 0 Å². The van der Waals surface area contributed by atoms with E-state index in [0.29, 0.717) is 11.3 Å². The molecule has 0 aliphatic rings. The average molecular weight is 346 g/mol. The number of rotatable bonds is 5. The van der Waals surface area contributed by atoms with Gasteiger partial charge in [-0.05, 0) is 74.7 Å². The molecule has 0 radical (unpaired) electrons. The van der Waals surface area contributed by atoms with Crippen molar-refractivity contribution >= 4 is 15.6 Å². The smallest absolute Gasteiger partial charge is 0.203 e. The first kappa shape index (κ1) is 18.2. The van der Waals surface area contributed by atoms with Crippen molar-refractivity contribution in [3.8, 4) is 5.75 Å². The van der Waals surface area contributed by atoms with Gasteiger partial charge in [-0.25, -0.2) is 8.42 Å². The van der Waals surface area contributed by atoms with E-state index >= 15 is 0 Å². The van der Waals surface area contributed by atoms with Gasteiger partial charge < -0.3 is 4.74 Å². The Balaban J connectivity index is 2.19. The zero-order valence-electron chi connectivity index (χ0n) is 14.6. The van der Waals surface area contributed by atoms with Crippen molar-refractivity contribution in [2.24, 2.45) is 0 Å². The predicted octanol–water partition coefficient (Wildman–Crippen LogP) is 3.67. The zero-order valence-corrected chi connectivity index (χ0v) is 15.4. The molecule has 0 saturated carbocycles. The first-order valence-electron chi connectivity index (χ1n) is 7.68. The highest BCUT2D eigenvalue weighted by Crippen LogP contribution is 2.21. The fourth-order valence-electron chi connectivity index (χ4n) is 2.47. The van der Waals surface area contributed by atoms with E-state index in [9.17, 15) is 13.2 Å². The summed E-state index contributed by atoms with van der Waals surface area (Å²) >= 11 is 0. The van der Waals surface area contributed by atoms with Gasteiger partial charge in [0.15, 0.2) is 15.9 Å². The molecule has 0 heterocycles. The average Bonchev–Trinajstić information content (AvgIpc) is 2.50. The lowest BCUT2D eigenvalue weighted by Gasteiger charge is -2.16. The maximum Gasteiger partial charge on any atom is 0.203 e. The molecule has 0 bridgehead atoms. The van der Waals surface area contributed by atoms with Crippen molar-refractivity contribution in [1.82, 2.24) is 0 Å². The second-order valence-electron chi connectivity index (χ2n) is 6.12. The van der Waals surface area contributed by atoms with Crippen LogP contribution in [-0.4, -0.2) is 26.6 Å². The highest BCUT2D eigenvalue weighted by Gasteiger charge is 2.20. The van der Waals surface area contributed by atoms with Crippen molar-refractivity contribution in [3.63, 3.8) is 0 Å². The molecular weight excluding hydrogens is 324 g/mol. The Kier molecular flexibility index (Phi) is 5.13. The molecule has 1 atom stereocenters. The van der Waals surface area contributed by atoms with Gasteiger partial charge >= 0.3 is 0 Å². The number of hydrogen-bond acceptors (Lipinski definition) is 4. The second-order valence-corrected chi connectivity index (χ2v) is 8.14. The zero-order chi connectivity index (χ0) is 18.1. The maximum absolute atomic E-state index is 12.6. The summed E-state index contributed by atoms with van der Waals surface area (Å²) in [7, 11) is -3.24. The topological polar surface area (TPSA) is 60.4 Å². The SMILES string of the molecule is Cc1cc(C)c(C(=O)C(C)Oc2ccc(S(C)(=O)=O)cc2)cc1C. The molecule has 1 unspecified atom stereocenters. The number of benzene rings is 2. The summed E-state index contributed by atoms with van der Waals surface area (Å²) in [5.74, 6) is 0.368. The fraction of sp³-hybridized carbons (Fsp3) is 0.316. The molecule has 5 heteroatoms. The molecule has 0 amide bonds. The summed E-state index contributed by atoms with van der Waals surface area (Å²) in [6.45, 7) is 7.59. The minimum atomic E-state index is -3.24. The van der Waals surface area contributed by atoms with E-state index in [1.54, 1.807) is 19.1 Å². The molecule has 2 rings (SSSR count). The number of carbonyl (C=O) groups is 1. The van der Waals surface area contributed by atoms with E-state index in [-0.39, 0.29) is 10.7 Å². The summed E-state index contributed by atoms with van der Waals surface area (Å²) in [6.07, 6.45) is 0.493. The molecule has 0 aliphatic carbocycles. The lowest BCUT2D eigenvalue weighted by atomic mass is 9.96. The first-order valence-corrected chi connectivity index (χ1v) is 9.57. The number of hydrogen-bond donors (Lipinski definition) is 0. The van der Waals surface area contributed by atoms with Gasteiger partial charge in [-0.3, -0.25) is 4.79 Å². The largest absolute Gasteiger partial charge is 0.483 e. The van der Waals surface area contributed by atoms with Crippen LogP contribution in [0.5, 0.6) is 5.75 Å². The summed E-state index contributed by atoms with van der Waals surface area (Å²) in [4.78, 5) is 12.9. The monoisotopic (exact) mass is 346 g/mol. The Morgan fingerprint density at radius 1 is 0.958 bits per heavy atom. The maximum atomic E-state index is 12.6. The molecule has 0 saturated heterocycles. The summed E-state index contributed by atoms with van der Waals surface area (Å²) in [5.41, 5.74) is 3.78. The van der Waals surface area contributed by atoms with Crippen LogP contribution in [0.1, 0.15) is 34.0 Å². The molecule has 128 valence electrons. The van der Waals surface area contributed by atoms with Gasteiger partial charge in [0.05, 0.1) is 4.90 Å². The Hall–Kier alpha value is -2.14. The number of carbonyl (C=O) groups excluding carboxylic acids is 1. The van der Waals surface area contributed by atoms with Crippen LogP contribution in [0.4, 0.5) is 0 Å². The van der Waals surface area contributed by atoms with Crippen LogP contribution in [0.25, 0.3) is 0 Å². The van der Waals surface area contributed by atoms with E-state index in [4.69, 9.17) is 4.74 Å². The number of sulfone groups is 1. The predicted molar refractivity (Wildman–Crippen MR) is 94.6 cm³/mol. The van der Waals surface area contributed by atoms with Crippen LogP contribution in [0, 0.1) is 20.8 Å². The molecule has 0 aromatic heterocycles.